The summed E-state index contributed by atoms with van der Waals surface area (Å²) in [6, 6.07) is 13.2. The first-order chi connectivity index (χ1) is 11.0. The van der Waals surface area contributed by atoms with E-state index in [9.17, 15) is 4.79 Å². The number of rotatable bonds is 3. The van der Waals surface area contributed by atoms with Gasteiger partial charge >= 0.3 is 0 Å². The van der Waals surface area contributed by atoms with Crippen molar-refractivity contribution < 1.29 is 4.79 Å². The number of benzene rings is 2. The maximum Gasteiger partial charge on any atom is 0.255 e. The summed E-state index contributed by atoms with van der Waals surface area (Å²) in [7, 11) is 1.76. The summed E-state index contributed by atoms with van der Waals surface area (Å²) in [6.45, 7) is 4.01. The van der Waals surface area contributed by atoms with E-state index in [1.54, 1.807) is 23.9 Å². The van der Waals surface area contributed by atoms with Gasteiger partial charge in [0, 0.05) is 23.9 Å². The number of carbonyl (C=O) groups excluding carboxylic acids is 1. The Balaban J connectivity index is 1.87. The molecule has 0 fully saturated rings. The van der Waals surface area contributed by atoms with Gasteiger partial charge in [-0.2, -0.15) is 0 Å². The van der Waals surface area contributed by atoms with Crippen LogP contribution in [0.2, 0.25) is 0 Å². The number of anilines is 1. The van der Waals surface area contributed by atoms with Crippen molar-refractivity contribution in [2.45, 2.75) is 13.8 Å². The van der Waals surface area contributed by atoms with Crippen molar-refractivity contribution in [3.8, 4) is 11.4 Å². The number of aromatic nitrogens is 4. The molecule has 0 aliphatic rings. The molecule has 6 nitrogen and oxygen atoms in total. The first-order valence-electron chi connectivity index (χ1n) is 7.25. The fraction of sp³-hybridized carbons (Fsp3) is 0.176. The van der Waals surface area contributed by atoms with Gasteiger partial charge in [-0.1, -0.05) is 18.2 Å². The van der Waals surface area contributed by atoms with Crippen molar-refractivity contribution in [2.75, 3.05) is 5.32 Å². The monoisotopic (exact) mass is 307 g/mol. The van der Waals surface area contributed by atoms with Gasteiger partial charge < -0.3 is 5.32 Å². The lowest BCUT2D eigenvalue weighted by atomic mass is 10.1. The van der Waals surface area contributed by atoms with E-state index in [-0.39, 0.29) is 5.91 Å². The Labute approximate surface area is 134 Å². The first kappa shape index (κ1) is 14.9. The van der Waals surface area contributed by atoms with Gasteiger partial charge in [0.25, 0.3) is 5.91 Å². The molecule has 0 bridgehead atoms. The second-order valence-corrected chi connectivity index (χ2v) is 5.54. The minimum Gasteiger partial charge on any atom is -0.322 e. The molecule has 0 aliphatic carbocycles. The summed E-state index contributed by atoms with van der Waals surface area (Å²) in [5.41, 5.74) is 4.37. The van der Waals surface area contributed by atoms with Crippen LogP contribution in [-0.4, -0.2) is 26.1 Å². The quantitative estimate of drug-likeness (QED) is 0.807. The van der Waals surface area contributed by atoms with E-state index >= 15 is 0 Å². The topological polar surface area (TPSA) is 72.7 Å². The molecule has 0 unspecified atom stereocenters. The van der Waals surface area contributed by atoms with Crippen LogP contribution in [0, 0.1) is 13.8 Å². The van der Waals surface area contributed by atoms with E-state index < -0.39 is 0 Å². The van der Waals surface area contributed by atoms with Crippen LogP contribution in [0.25, 0.3) is 11.4 Å². The third-order valence-corrected chi connectivity index (χ3v) is 3.48. The molecule has 2 aromatic carbocycles. The van der Waals surface area contributed by atoms with Gasteiger partial charge in [0.2, 0.25) is 0 Å². The number of hydrogen-bond donors (Lipinski definition) is 1. The van der Waals surface area contributed by atoms with Crippen molar-refractivity contribution in [1.82, 2.24) is 20.2 Å². The predicted octanol–water partition coefficient (Wildman–Crippen LogP) is 2.75. The molecular weight excluding hydrogens is 290 g/mol. The van der Waals surface area contributed by atoms with Gasteiger partial charge in [0.1, 0.15) is 0 Å². The lowest BCUT2D eigenvalue weighted by Crippen LogP contribution is -2.12. The Hall–Kier alpha value is -3.02. The highest BCUT2D eigenvalue weighted by atomic mass is 16.1. The molecule has 1 amide bonds. The Morgan fingerprint density at radius 2 is 1.83 bits per heavy atom. The molecule has 23 heavy (non-hydrogen) atoms. The number of aryl methyl sites for hydroxylation is 3. The largest absolute Gasteiger partial charge is 0.322 e. The van der Waals surface area contributed by atoms with E-state index in [1.165, 1.54) is 0 Å². The number of carbonyl (C=O) groups is 1. The SMILES string of the molecule is Cc1cc(C)cc(NC(=O)c2cccc(-c3nnnn3C)c2)c1. The predicted molar refractivity (Wildman–Crippen MR) is 88.1 cm³/mol. The fourth-order valence-electron chi connectivity index (χ4n) is 2.52. The molecular formula is C17H17N5O. The van der Waals surface area contributed by atoms with Crippen LogP contribution >= 0.6 is 0 Å². The first-order valence-corrected chi connectivity index (χ1v) is 7.25. The van der Waals surface area contributed by atoms with Crippen molar-refractivity contribution in [1.29, 1.82) is 0 Å². The average molecular weight is 307 g/mol. The molecule has 0 aliphatic heterocycles. The highest BCUT2D eigenvalue weighted by molar-refractivity contribution is 6.04. The number of nitrogens with zero attached hydrogens (tertiary/aromatic N) is 4. The number of tetrazole rings is 1. The smallest absolute Gasteiger partial charge is 0.255 e. The van der Waals surface area contributed by atoms with Crippen molar-refractivity contribution in [3.05, 3.63) is 59.2 Å². The van der Waals surface area contributed by atoms with E-state index in [2.05, 4.69) is 26.9 Å². The van der Waals surface area contributed by atoms with E-state index in [0.717, 1.165) is 22.4 Å². The van der Waals surface area contributed by atoms with Crippen molar-refractivity contribution in [3.63, 3.8) is 0 Å². The van der Waals surface area contributed by atoms with Gasteiger partial charge in [0.15, 0.2) is 5.82 Å². The second kappa shape index (κ2) is 6.00. The van der Waals surface area contributed by atoms with Crippen molar-refractivity contribution >= 4 is 11.6 Å². The standard InChI is InChI=1S/C17H17N5O/c1-11-7-12(2)9-15(8-11)18-17(23)14-6-4-5-13(10-14)16-19-20-21-22(16)3/h4-10H,1-3H3,(H,18,23). The van der Waals surface area contributed by atoms with Crippen molar-refractivity contribution in [2.24, 2.45) is 7.05 Å². The molecule has 0 atom stereocenters. The van der Waals surface area contributed by atoms with Gasteiger partial charge in [-0.05, 0) is 59.7 Å². The van der Waals surface area contributed by atoms with E-state index in [0.29, 0.717) is 11.4 Å². The summed E-state index contributed by atoms with van der Waals surface area (Å²) >= 11 is 0. The second-order valence-electron chi connectivity index (χ2n) is 5.54. The van der Waals surface area contributed by atoms with Crippen LogP contribution in [0.3, 0.4) is 0 Å². The van der Waals surface area contributed by atoms with Gasteiger partial charge in [-0.3, -0.25) is 4.79 Å². The lowest BCUT2D eigenvalue weighted by Gasteiger charge is -2.08. The minimum absolute atomic E-state index is 0.160. The Kier molecular flexibility index (Phi) is 3.89. The number of nitrogens with one attached hydrogen (secondary N) is 1. The molecule has 0 saturated carbocycles. The average Bonchev–Trinajstić information content (AvgIpc) is 2.92. The summed E-state index contributed by atoms with van der Waals surface area (Å²) in [4.78, 5) is 12.5. The Morgan fingerprint density at radius 1 is 1.09 bits per heavy atom. The summed E-state index contributed by atoms with van der Waals surface area (Å²) in [6.07, 6.45) is 0. The molecule has 1 N–H and O–H groups in total. The van der Waals surface area contributed by atoms with Crippen LogP contribution in [0.1, 0.15) is 21.5 Å². The molecule has 0 radical (unpaired) electrons. The summed E-state index contributed by atoms with van der Waals surface area (Å²) in [5.74, 6) is 0.457. The molecule has 6 heteroatoms. The highest BCUT2D eigenvalue weighted by Crippen LogP contribution is 2.19. The minimum atomic E-state index is -0.160. The third-order valence-electron chi connectivity index (χ3n) is 3.48. The van der Waals surface area contributed by atoms with Crippen LogP contribution in [-0.2, 0) is 7.05 Å². The van der Waals surface area contributed by atoms with Gasteiger partial charge in [-0.15, -0.1) is 5.10 Å². The van der Waals surface area contributed by atoms with Crippen LogP contribution in [0.15, 0.2) is 42.5 Å². The maximum atomic E-state index is 12.5. The zero-order chi connectivity index (χ0) is 16.4. The zero-order valence-corrected chi connectivity index (χ0v) is 13.2. The maximum absolute atomic E-state index is 12.5. The summed E-state index contributed by atoms with van der Waals surface area (Å²) < 4.78 is 1.57. The van der Waals surface area contributed by atoms with Crippen LogP contribution < -0.4 is 5.32 Å². The Bertz CT molecular complexity index is 849. The van der Waals surface area contributed by atoms with E-state index in [1.807, 2.05) is 38.1 Å². The van der Waals surface area contributed by atoms with E-state index in [4.69, 9.17) is 0 Å². The molecule has 0 spiro atoms. The highest BCUT2D eigenvalue weighted by Gasteiger charge is 2.11. The molecule has 116 valence electrons. The molecule has 3 aromatic rings. The molecule has 1 heterocycles. The third kappa shape index (κ3) is 3.26. The fourth-order valence-corrected chi connectivity index (χ4v) is 2.52. The van der Waals surface area contributed by atoms with Gasteiger partial charge in [0.05, 0.1) is 0 Å². The molecule has 3 rings (SSSR count). The van der Waals surface area contributed by atoms with Crippen LogP contribution in [0.5, 0.6) is 0 Å². The normalized spacial score (nSPS) is 10.6. The zero-order valence-electron chi connectivity index (χ0n) is 13.2. The van der Waals surface area contributed by atoms with Gasteiger partial charge in [-0.25, -0.2) is 4.68 Å². The lowest BCUT2D eigenvalue weighted by molar-refractivity contribution is 0.102. The Morgan fingerprint density at radius 3 is 2.48 bits per heavy atom. The molecule has 1 aromatic heterocycles. The summed E-state index contributed by atoms with van der Waals surface area (Å²) in [5, 5.41) is 14.3. The van der Waals surface area contributed by atoms with Crippen LogP contribution in [0.4, 0.5) is 5.69 Å². The molecule has 0 saturated heterocycles. The number of hydrogen-bond acceptors (Lipinski definition) is 4. The number of amides is 1.